The summed E-state index contributed by atoms with van der Waals surface area (Å²) in [6.45, 7) is 7.35. The van der Waals surface area contributed by atoms with Crippen molar-refractivity contribution in [3.63, 3.8) is 0 Å². The molecule has 1 N–H and O–H groups in total. The zero-order valence-electron chi connectivity index (χ0n) is 14.6. The van der Waals surface area contributed by atoms with Crippen LogP contribution in [0.2, 0.25) is 0 Å². The lowest BCUT2D eigenvalue weighted by atomic mass is 10.1. The second-order valence-electron chi connectivity index (χ2n) is 5.83. The average molecular weight is 327 g/mol. The van der Waals surface area contributed by atoms with Gasteiger partial charge >= 0.3 is 0 Å². The number of hydrogen-bond acceptors (Lipinski definition) is 3. The predicted molar refractivity (Wildman–Crippen MR) is 95.7 cm³/mol. The maximum absolute atomic E-state index is 11.8. The van der Waals surface area contributed by atoms with Crippen LogP contribution in [0.4, 0.5) is 0 Å². The number of aryl methyl sites for hydroxylation is 3. The van der Waals surface area contributed by atoms with E-state index >= 15 is 0 Å². The molecule has 0 heterocycles. The van der Waals surface area contributed by atoms with Gasteiger partial charge in [0.1, 0.15) is 18.1 Å². The summed E-state index contributed by atoms with van der Waals surface area (Å²) in [5, 5.41) is 2.84. The number of rotatable bonds is 8. The smallest absolute Gasteiger partial charge is 0.223 e. The van der Waals surface area contributed by atoms with E-state index in [-0.39, 0.29) is 5.91 Å². The van der Waals surface area contributed by atoms with Crippen LogP contribution in [-0.2, 0) is 4.79 Å². The van der Waals surface area contributed by atoms with Gasteiger partial charge in [0.05, 0.1) is 19.6 Å². The lowest BCUT2D eigenvalue weighted by molar-refractivity contribution is -0.121. The van der Waals surface area contributed by atoms with Crippen molar-refractivity contribution < 1.29 is 14.3 Å². The zero-order chi connectivity index (χ0) is 17.4. The van der Waals surface area contributed by atoms with E-state index in [2.05, 4.69) is 11.4 Å². The van der Waals surface area contributed by atoms with Gasteiger partial charge in [-0.25, -0.2) is 0 Å². The molecule has 0 fully saturated rings. The quantitative estimate of drug-likeness (QED) is 0.754. The molecule has 4 heteroatoms. The van der Waals surface area contributed by atoms with Crippen LogP contribution in [0.1, 0.15) is 23.1 Å². The normalized spacial score (nSPS) is 10.3. The standard InChI is InChI=1S/C20H25NO3/c1-15-8-9-19(17(3)14-15)23-12-10-20(22)21-11-13-24-18-7-5-4-6-16(18)2/h4-9,14H,10-13H2,1-3H3,(H,21,22). The highest BCUT2D eigenvalue weighted by Crippen LogP contribution is 2.18. The fourth-order valence-corrected chi connectivity index (χ4v) is 2.37. The molecular weight excluding hydrogens is 302 g/mol. The summed E-state index contributed by atoms with van der Waals surface area (Å²) in [5.74, 6) is 1.65. The molecule has 2 aromatic carbocycles. The van der Waals surface area contributed by atoms with Crippen LogP contribution in [0.3, 0.4) is 0 Å². The Morgan fingerprint density at radius 2 is 1.62 bits per heavy atom. The van der Waals surface area contributed by atoms with Crippen LogP contribution in [0.15, 0.2) is 42.5 Å². The molecule has 4 nitrogen and oxygen atoms in total. The highest BCUT2D eigenvalue weighted by molar-refractivity contribution is 5.75. The van der Waals surface area contributed by atoms with Crippen LogP contribution >= 0.6 is 0 Å². The summed E-state index contributed by atoms with van der Waals surface area (Å²) < 4.78 is 11.3. The molecular formula is C20H25NO3. The first-order valence-electron chi connectivity index (χ1n) is 8.21. The van der Waals surface area contributed by atoms with E-state index in [9.17, 15) is 4.79 Å². The molecule has 0 aliphatic heterocycles. The molecule has 0 saturated carbocycles. The van der Waals surface area contributed by atoms with Gasteiger partial charge in [0, 0.05) is 0 Å². The van der Waals surface area contributed by atoms with Gasteiger partial charge in [0.15, 0.2) is 0 Å². The van der Waals surface area contributed by atoms with Crippen LogP contribution in [0.5, 0.6) is 11.5 Å². The molecule has 0 radical (unpaired) electrons. The molecule has 0 saturated heterocycles. The van der Waals surface area contributed by atoms with Crippen molar-refractivity contribution in [2.75, 3.05) is 19.8 Å². The van der Waals surface area contributed by atoms with E-state index in [1.807, 2.05) is 57.2 Å². The second kappa shape index (κ2) is 8.96. The third kappa shape index (κ3) is 5.61. The molecule has 0 atom stereocenters. The number of amides is 1. The van der Waals surface area contributed by atoms with E-state index in [1.165, 1.54) is 5.56 Å². The fourth-order valence-electron chi connectivity index (χ4n) is 2.37. The van der Waals surface area contributed by atoms with Crippen molar-refractivity contribution >= 4 is 5.91 Å². The highest BCUT2D eigenvalue weighted by atomic mass is 16.5. The minimum atomic E-state index is -0.0341. The van der Waals surface area contributed by atoms with Gasteiger partial charge in [-0.1, -0.05) is 35.9 Å². The first kappa shape index (κ1) is 17.9. The summed E-state index contributed by atoms with van der Waals surface area (Å²) in [6.07, 6.45) is 0.331. The van der Waals surface area contributed by atoms with E-state index < -0.39 is 0 Å². The van der Waals surface area contributed by atoms with Gasteiger partial charge in [-0.15, -0.1) is 0 Å². The Bertz CT molecular complexity index is 682. The molecule has 128 valence electrons. The van der Waals surface area contributed by atoms with E-state index in [0.717, 1.165) is 22.6 Å². The lowest BCUT2D eigenvalue weighted by Crippen LogP contribution is -2.29. The Hall–Kier alpha value is -2.49. The SMILES string of the molecule is Cc1ccc(OCCC(=O)NCCOc2ccccc2C)c(C)c1. The van der Waals surface area contributed by atoms with E-state index in [1.54, 1.807) is 0 Å². The Kier molecular flexibility index (Phi) is 6.67. The molecule has 0 aliphatic rings. The molecule has 2 aromatic rings. The van der Waals surface area contributed by atoms with Crippen LogP contribution in [0.25, 0.3) is 0 Å². The third-order valence-corrected chi connectivity index (χ3v) is 3.69. The van der Waals surface area contributed by atoms with Gasteiger partial charge in [-0.2, -0.15) is 0 Å². The molecule has 2 rings (SSSR count). The second-order valence-corrected chi connectivity index (χ2v) is 5.83. The molecule has 0 spiro atoms. The largest absolute Gasteiger partial charge is 0.493 e. The number of ether oxygens (including phenoxy) is 2. The molecule has 0 aromatic heterocycles. The van der Waals surface area contributed by atoms with Crippen molar-refractivity contribution in [2.24, 2.45) is 0 Å². The zero-order valence-corrected chi connectivity index (χ0v) is 14.6. The van der Waals surface area contributed by atoms with Crippen molar-refractivity contribution in [1.29, 1.82) is 0 Å². The van der Waals surface area contributed by atoms with Gasteiger partial charge in [-0.3, -0.25) is 4.79 Å². The number of carbonyl (C=O) groups is 1. The highest BCUT2D eigenvalue weighted by Gasteiger charge is 2.04. The van der Waals surface area contributed by atoms with Crippen molar-refractivity contribution in [3.05, 3.63) is 59.2 Å². The Labute approximate surface area is 143 Å². The number of benzene rings is 2. The van der Waals surface area contributed by atoms with Gasteiger partial charge in [0.25, 0.3) is 0 Å². The van der Waals surface area contributed by atoms with Crippen LogP contribution in [-0.4, -0.2) is 25.7 Å². The van der Waals surface area contributed by atoms with Gasteiger partial charge in [0.2, 0.25) is 5.91 Å². The lowest BCUT2D eigenvalue weighted by Gasteiger charge is -2.11. The Morgan fingerprint density at radius 3 is 2.38 bits per heavy atom. The number of hydrogen-bond donors (Lipinski definition) is 1. The predicted octanol–water partition coefficient (Wildman–Crippen LogP) is 3.58. The first-order chi connectivity index (χ1) is 11.6. The number of carbonyl (C=O) groups excluding carboxylic acids is 1. The Morgan fingerprint density at radius 1 is 0.917 bits per heavy atom. The molecule has 0 bridgehead atoms. The molecule has 0 unspecified atom stereocenters. The topological polar surface area (TPSA) is 47.6 Å². The fraction of sp³-hybridized carbons (Fsp3) is 0.350. The number of para-hydroxylation sites is 1. The first-order valence-corrected chi connectivity index (χ1v) is 8.21. The van der Waals surface area contributed by atoms with Crippen molar-refractivity contribution in [2.45, 2.75) is 27.2 Å². The monoisotopic (exact) mass is 327 g/mol. The van der Waals surface area contributed by atoms with Crippen molar-refractivity contribution in [3.8, 4) is 11.5 Å². The van der Waals surface area contributed by atoms with Crippen molar-refractivity contribution in [1.82, 2.24) is 5.32 Å². The minimum Gasteiger partial charge on any atom is -0.493 e. The summed E-state index contributed by atoms with van der Waals surface area (Å²) in [5.41, 5.74) is 3.37. The maximum Gasteiger partial charge on any atom is 0.223 e. The van der Waals surface area contributed by atoms with Gasteiger partial charge < -0.3 is 14.8 Å². The summed E-state index contributed by atoms with van der Waals surface area (Å²) in [6, 6.07) is 13.8. The summed E-state index contributed by atoms with van der Waals surface area (Å²) >= 11 is 0. The van der Waals surface area contributed by atoms with Crippen LogP contribution < -0.4 is 14.8 Å². The van der Waals surface area contributed by atoms with E-state index in [4.69, 9.17) is 9.47 Å². The molecule has 0 aliphatic carbocycles. The molecule has 24 heavy (non-hydrogen) atoms. The number of nitrogens with one attached hydrogen (secondary N) is 1. The summed E-state index contributed by atoms with van der Waals surface area (Å²) in [7, 11) is 0. The summed E-state index contributed by atoms with van der Waals surface area (Å²) in [4.78, 5) is 11.8. The average Bonchev–Trinajstić information content (AvgIpc) is 2.55. The molecule has 1 amide bonds. The van der Waals surface area contributed by atoms with Gasteiger partial charge in [-0.05, 0) is 44.0 Å². The third-order valence-electron chi connectivity index (χ3n) is 3.69. The maximum atomic E-state index is 11.8. The Balaban J connectivity index is 1.62. The van der Waals surface area contributed by atoms with Crippen LogP contribution in [0, 0.1) is 20.8 Å². The van der Waals surface area contributed by atoms with E-state index in [0.29, 0.717) is 26.2 Å². The minimum absolute atomic E-state index is 0.0341.